The van der Waals surface area contributed by atoms with Gasteiger partial charge in [0.1, 0.15) is 11.3 Å². The number of likely N-dealkylation sites (N-methyl/N-ethyl adjacent to an activating group) is 1. The monoisotopic (exact) mass is 441 g/mol. The van der Waals surface area contributed by atoms with Gasteiger partial charge in [0.05, 0.1) is 18.0 Å². The number of ether oxygens (including phenoxy) is 1. The summed E-state index contributed by atoms with van der Waals surface area (Å²) in [5.74, 6) is 0.338. The largest absolute Gasteiger partial charge is 0.491 e. The van der Waals surface area contributed by atoms with E-state index in [0.29, 0.717) is 25.3 Å². The Morgan fingerprint density at radius 3 is 2.65 bits per heavy atom. The molecule has 0 saturated carbocycles. The number of para-hydroxylation sites is 1. The lowest BCUT2D eigenvalue weighted by atomic mass is 10.1. The number of amides is 1. The first-order valence-electron chi connectivity index (χ1n) is 10.1. The van der Waals surface area contributed by atoms with E-state index in [0.717, 1.165) is 26.3 Å². The Hall–Kier alpha value is -2.97. The number of nitrogens with one attached hydrogen (secondary N) is 1. The molecule has 0 fully saturated rings. The summed E-state index contributed by atoms with van der Waals surface area (Å²) >= 11 is 0. The lowest BCUT2D eigenvalue weighted by Crippen LogP contribution is -2.38. The molecule has 1 amide bonds. The second-order valence-electron chi connectivity index (χ2n) is 7.39. The van der Waals surface area contributed by atoms with E-state index in [1.807, 2.05) is 44.2 Å². The Bertz CT molecular complexity index is 1170. The summed E-state index contributed by atoms with van der Waals surface area (Å²) in [5, 5.41) is 3.74. The molecule has 31 heavy (non-hydrogen) atoms. The summed E-state index contributed by atoms with van der Waals surface area (Å²) in [5.41, 5.74) is 2.70. The van der Waals surface area contributed by atoms with Crippen LogP contribution < -0.4 is 10.1 Å². The first-order valence-corrected chi connectivity index (χ1v) is 11.5. The van der Waals surface area contributed by atoms with Gasteiger partial charge in [0.2, 0.25) is 15.9 Å². The van der Waals surface area contributed by atoms with Crippen LogP contribution in [-0.4, -0.2) is 50.4 Å². The average Bonchev–Trinajstić information content (AvgIpc) is 2.75. The topological polar surface area (TPSA) is 88.6 Å². The fourth-order valence-electron chi connectivity index (χ4n) is 3.07. The first kappa shape index (κ1) is 22.7. The fourth-order valence-corrected chi connectivity index (χ4v) is 4.29. The van der Waals surface area contributed by atoms with Crippen LogP contribution in [0.25, 0.3) is 10.9 Å². The minimum absolute atomic E-state index is 0.183. The minimum atomic E-state index is -3.72. The molecule has 8 heteroatoms. The van der Waals surface area contributed by atoms with Gasteiger partial charge < -0.3 is 10.1 Å². The SMILES string of the molecule is Cc1ccc(S(=O)(=O)N(C)CC(=O)NCCCOc2cccc3cccnc23)cc1C. The zero-order valence-corrected chi connectivity index (χ0v) is 18.8. The van der Waals surface area contributed by atoms with Gasteiger partial charge in [-0.3, -0.25) is 9.78 Å². The van der Waals surface area contributed by atoms with Gasteiger partial charge in [0.25, 0.3) is 0 Å². The van der Waals surface area contributed by atoms with Crippen LogP contribution in [-0.2, 0) is 14.8 Å². The van der Waals surface area contributed by atoms with Crippen molar-refractivity contribution in [2.24, 2.45) is 0 Å². The highest BCUT2D eigenvalue weighted by Gasteiger charge is 2.23. The Kier molecular flexibility index (Phi) is 7.25. The van der Waals surface area contributed by atoms with Crippen LogP contribution in [0.15, 0.2) is 59.6 Å². The van der Waals surface area contributed by atoms with Gasteiger partial charge >= 0.3 is 0 Å². The predicted octanol–water partition coefficient (Wildman–Crippen LogP) is 3.06. The Labute approximate surface area is 183 Å². The minimum Gasteiger partial charge on any atom is -0.491 e. The maximum Gasteiger partial charge on any atom is 0.243 e. The highest BCUT2D eigenvalue weighted by molar-refractivity contribution is 7.89. The molecular weight excluding hydrogens is 414 g/mol. The molecule has 0 aliphatic heterocycles. The highest BCUT2D eigenvalue weighted by Crippen LogP contribution is 2.23. The van der Waals surface area contributed by atoms with Gasteiger partial charge in [-0.1, -0.05) is 24.3 Å². The molecule has 0 spiro atoms. The van der Waals surface area contributed by atoms with Gasteiger partial charge in [0, 0.05) is 25.2 Å². The molecule has 0 saturated heterocycles. The number of hydrogen-bond donors (Lipinski definition) is 1. The van der Waals surface area contributed by atoms with Crippen LogP contribution >= 0.6 is 0 Å². The van der Waals surface area contributed by atoms with E-state index in [1.54, 1.807) is 24.4 Å². The average molecular weight is 442 g/mol. The molecule has 3 rings (SSSR count). The number of carbonyl (C=O) groups is 1. The second kappa shape index (κ2) is 9.89. The predicted molar refractivity (Wildman–Crippen MR) is 121 cm³/mol. The van der Waals surface area contributed by atoms with Crippen molar-refractivity contribution < 1.29 is 17.9 Å². The number of aromatic nitrogens is 1. The summed E-state index contributed by atoms with van der Waals surface area (Å²) < 4.78 is 32.2. The molecule has 0 bridgehead atoms. The van der Waals surface area contributed by atoms with Crippen LogP contribution in [0.2, 0.25) is 0 Å². The van der Waals surface area contributed by atoms with E-state index in [4.69, 9.17) is 4.74 Å². The van der Waals surface area contributed by atoms with Crippen LogP contribution in [0, 0.1) is 13.8 Å². The second-order valence-corrected chi connectivity index (χ2v) is 9.44. The molecule has 0 aliphatic rings. The number of sulfonamides is 1. The number of aryl methyl sites for hydroxylation is 2. The van der Waals surface area contributed by atoms with Crippen molar-refractivity contribution >= 4 is 26.8 Å². The lowest BCUT2D eigenvalue weighted by molar-refractivity contribution is -0.121. The maximum atomic E-state index is 12.7. The number of pyridine rings is 1. The van der Waals surface area contributed by atoms with Crippen LogP contribution in [0.1, 0.15) is 17.5 Å². The third-order valence-corrected chi connectivity index (χ3v) is 6.85. The van der Waals surface area contributed by atoms with E-state index < -0.39 is 10.0 Å². The van der Waals surface area contributed by atoms with Crippen molar-refractivity contribution in [1.29, 1.82) is 0 Å². The quantitative estimate of drug-likeness (QED) is 0.516. The Morgan fingerprint density at radius 1 is 1.10 bits per heavy atom. The molecule has 0 atom stereocenters. The summed E-state index contributed by atoms with van der Waals surface area (Å²) in [6.07, 6.45) is 2.31. The van der Waals surface area contributed by atoms with Crippen LogP contribution in [0.3, 0.4) is 0 Å². The number of fused-ring (bicyclic) bond motifs is 1. The van der Waals surface area contributed by atoms with Crippen molar-refractivity contribution in [3.63, 3.8) is 0 Å². The fraction of sp³-hybridized carbons (Fsp3) is 0.304. The molecule has 2 aromatic carbocycles. The number of nitrogens with zero attached hydrogens (tertiary/aromatic N) is 2. The molecule has 1 N–H and O–H groups in total. The number of hydrogen-bond acceptors (Lipinski definition) is 5. The van der Waals surface area contributed by atoms with E-state index >= 15 is 0 Å². The van der Waals surface area contributed by atoms with E-state index in [2.05, 4.69) is 10.3 Å². The summed E-state index contributed by atoms with van der Waals surface area (Å²) in [6.45, 7) is 4.32. The Balaban J connectivity index is 1.46. The molecule has 0 unspecified atom stereocenters. The van der Waals surface area contributed by atoms with Crippen LogP contribution in [0.5, 0.6) is 5.75 Å². The molecule has 1 heterocycles. The molecule has 3 aromatic rings. The number of carbonyl (C=O) groups excluding carboxylic acids is 1. The number of rotatable bonds is 9. The summed E-state index contributed by atoms with van der Waals surface area (Å²) in [6, 6.07) is 14.5. The van der Waals surface area contributed by atoms with Crippen molar-refractivity contribution in [3.05, 3.63) is 65.9 Å². The molecule has 7 nitrogen and oxygen atoms in total. The summed E-state index contributed by atoms with van der Waals surface area (Å²) in [4.78, 5) is 16.7. The highest BCUT2D eigenvalue weighted by atomic mass is 32.2. The van der Waals surface area contributed by atoms with E-state index in [9.17, 15) is 13.2 Å². The zero-order chi connectivity index (χ0) is 22.4. The molecule has 0 aliphatic carbocycles. The van der Waals surface area contributed by atoms with Crippen molar-refractivity contribution in [1.82, 2.24) is 14.6 Å². The van der Waals surface area contributed by atoms with Crippen molar-refractivity contribution in [3.8, 4) is 5.75 Å². The smallest absolute Gasteiger partial charge is 0.243 e. The first-order chi connectivity index (χ1) is 14.8. The van der Waals surface area contributed by atoms with Crippen LogP contribution in [0.4, 0.5) is 0 Å². The molecule has 164 valence electrons. The summed E-state index contributed by atoms with van der Waals surface area (Å²) in [7, 11) is -2.32. The zero-order valence-electron chi connectivity index (χ0n) is 18.0. The van der Waals surface area contributed by atoms with Gasteiger partial charge in [-0.25, -0.2) is 8.42 Å². The maximum absolute atomic E-state index is 12.7. The van der Waals surface area contributed by atoms with Gasteiger partial charge in [-0.05, 0) is 55.7 Å². The van der Waals surface area contributed by atoms with Crippen molar-refractivity contribution in [2.75, 3.05) is 26.7 Å². The molecular formula is C23H27N3O4S. The third kappa shape index (κ3) is 5.59. The van der Waals surface area contributed by atoms with Gasteiger partial charge in [0.15, 0.2) is 0 Å². The van der Waals surface area contributed by atoms with Gasteiger partial charge in [-0.2, -0.15) is 4.31 Å². The van der Waals surface area contributed by atoms with Gasteiger partial charge in [-0.15, -0.1) is 0 Å². The van der Waals surface area contributed by atoms with E-state index in [1.165, 1.54) is 7.05 Å². The lowest BCUT2D eigenvalue weighted by Gasteiger charge is -2.17. The standard InChI is InChI=1S/C23H27N3O4S/c1-17-10-11-20(15-18(17)2)31(28,29)26(3)16-22(27)24-13-6-14-30-21-9-4-7-19-8-5-12-25-23(19)21/h4-5,7-12,15H,6,13-14,16H2,1-3H3,(H,24,27). The Morgan fingerprint density at radius 2 is 1.87 bits per heavy atom. The molecule has 1 aromatic heterocycles. The molecule has 0 radical (unpaired) electrons. The van der Waals surface area contributed by atoms with Crippen molar-refractivity contribution in [2.45, 2.75) is 25.2 Å². The third-order valence-electron chi connectivity index (χ3n) is 5.05. The van der Waals surface area contributed by atoms with E-state index in [-0.39, 0.29) is 17.3 Å². The number of benzene rings is 2. The normalized spacial score (nSPS) is 11.6.